The molecule has 1 aliphatic carbocycles. The number of H-pyrrole nitrogens is 1. The van der Waals surface area contributed by atoms with Crippen molar-refractivity contribution in [2.75, 3.05) is 0 Å². The molecule has 1 saturated carbocycles. The van der Waals surface area contributed by atoms with Gasteiger partial charge in [-0.05, 0) is 19.8 Å². The van der Waals surface area contributed by atoms with E-state index in [0.29, 0.717) is 24.1 Å². The van der Waals surface area contributed by atoms with Crippen LogP contribution in [-0.4, -0.2) is 25.6 Å². The highest BCUT2D eigenvalue weighted by Crippen LogP contribution is 2.17. The Balaban J connectivity index is 1.80. The summed E-state index contributed by atoms with van der Waals surface area (Å²) in [5, 5.41) is 6.44. The number of rotatable bonds is 3. The fraction of sp³-hybridized carbons (Fsp3) is 0.583. The van der Waals surface area contributed by atoms with Gasteiger partial charge in [-0.2, -0.15) is 9.50 Å². The fourth-order valence-corrected chi connectivity index (χ4v) is 2.49. The van der Waals surface area contributed by atoms with E-state index in [1.165, 1.54) is 36.3 Å². The van der Waals surface area contributed by atoms with Gasteiger partial charge in [-0.1, -0.05) is 12.8 Å². The molecule has 3 rings (SSSR count). The molecule has 0 aliphatic heterocycles. The second-order valence-electron chi connectivity index (χ2n) is 4.90. The van der Waals surface area contributed by atoms with Crippen molar-refractivity contribution in [2.45, 2.75) is 45.2 Å². The van der Waals surface area contributed by atoms with Gasteiger partial charge in [0.15, 0.2) is 0 Å². The standard InChI is InChI=1S/C12H17N5O/c1-8-6-11(18)17-12(14-8)15-10(16-17)7-13-9-4-2-3-5-9/h6,9,13H,2-5,7H2,1H3,(H,14,15,16). The topological polar surface area (TPSA) is 75.1 Å². The van der Waals surface area contributed by atoms with Gasteiger partial charge in [0, 0.05) is 17.8 Å². The predicted molar refractivity (Wildman–Crippen MR) is 67.4 cm³/mol. The molecule has 96 valence electrons. The molecule has 6 nitrogen and oxygen atoms in total. The van der Waals surface area contributed by atoms with Crippen LogP contribution in [0.5, 0.6) is 0 Å². The van der Waals surface area contributed by atoms with Crippen LogP contribution in [0.25, 0.3) is 5.78 Å². The number of aryl methyl sites for hydroxylation is 1. The van der Waals surface area contributed by atoms with Crippen LogP contribution >= 0.6 is 0 Å². The van der Waals surface area contributed by atoms with Crippen molar-refractivity contribution < 1.29 is 0 Å². The number of aromatic amines is 1. The highest BCUT2D eigenvalue weighted by molar-refractivity contribution is 5.27. The average molecular weight is 247 g/mol. The van der Waals surface area contributed by atoms with Crippen LogP contribution in [0.2, 0.25) is 0 Å². The maximum absolute atomic E-state index is 11.7. The maximum Gasteiger partial charge on any atom is 0.274 e. The SMILES string of the molecule is Cc1cc(=O)n2[nH]c(CNC3CCCC3)nc2n1. The van der Waals surface area contributed by atoms with Crippen molar-refractivity contribution in [1.29, 1.82) is 0 Å². The van der Waals surface area contributed by atoms with Gasteiger partial charge in [0.1, 0.15) is 5.82 Å². The van der Waals surface area contributed by atoms with Gasteiger partial charge in [0.25, 0.3) is 11.3 Å². The van der Waals surface area contributed by atoms with Crippen LogP contribution in [0.3, 0.4) is 0 Å². The van der Waals surface area contributed by atoms with E-state index in [0.717, 1.165) is 5.82 Å². The van der Waals surface area contributed by atoms with Crippen LogP contribution in [0.4, 0.5) is 0 Å². The molecular weight excluding hydrogens is 230 g/mol. The van der Waals surface area contributed by atoms with Crippen molar-refractivity contribution in [2.24, 2.45) is 0 Å². The van der Waals surface area contributed by atoms with Crippen LogP contribution in [0.1, 0.15) is 37.2 Å². The Bertz CT molecular complexity index is 608. The first-order valence-corrected chi connectivity index (χ1v) is 6.41. The molecular formula is C12H17N5O. The molecule has 2 aromatic rings. The molecule has 0 saturated heterocycles. The molecule has 0 amide bonds. The second kappa shape index (κ2) is 4.53. The smallest absolute Gasteiger partial charge is 0.274 e. The van der Waals surface area contributed by atoms with Crippen molar-refractivity contribution in [1.82, 2.24) is 24.9 Å². The second-order valence-corrected chi connectivity index (χ2v) is 4.90. The normalized spacial score (nSPS) is 16.7. The summed E-state index contributed by atoms with van der Waals surface area (Å²) in [4.78, 5) is 20.3. The molecule has 2 heterocycles. The van der Waals surface area contributed by atoms with Crippen molar-refractivity contribution >= 4 is 5.78 Å². The number of hydrogen-bond donors (Lipinski definition) is 2. The lowest BCUT2D eigenvalue weighted by Gasteiger charge is -2.09. The number of aromatic nitrogens is 4. The van der Waals surface area contributed by atoms with Gasteiger partial charge in [0.2, 0.25) is 0 Å². The average Bonchev–Trinajstić information content (AvgIpc) is 2.93. The summed E-state index contributed by atoms with van der Waals surface area (Å²) in [7, 11) is 0. The third kappa shape index (κ3) is 2.15. The zero-order valence-electron chi connectivity index (χ0n) is 10.4. The number of nitrogens with zero attached hydrogens (tertiary/aromatic N) is 3. The van der Waals surface area contributed by atoms with E-state index in [4.69, 9.17) is 0 Å². The molecule has 1 fully saturated rings. The summed E-state index contributed by atoms with van der Waals surface area (Å²) < 4.78 is 1.39. The minimum absolute atomic E-state index is 0.114. The summed E-state index contributed by atoms with van der Waals surface area (Å²) in [6, 6.07) is 2.09. The Morgan fingerprint density at radius 3 is 3.00 bits per heavy atom. The highest BCUT2D eigenvalue weighted by Gasteiger charge is 2.15. The van der Waals surface area contributed by atoms with E-state index in [9.17, 15) is 4.79 Å². The van der Waals surface area contributed by atoms with Gasteiger partial charge in [-0.25, -0.2) is 4.98 Å². The predicted octanol–water partition coefficient (Wildman–Crippen LogP) is 0.758. The minimum Gasteiger partial charge on any atom is -0.307 e. The van der Waals surface area contributed by atoms with Gasteiger partial charge >= 0.3 is 0 Å². The Morgan fingerprint density at radius 1 is 1.44 bits per heavy atom. The van der Waals surface area contributed by atoms with E-state index in [1.54, 1.807) is 6.92 Å². The monoisotopic (exact) mass is 247 g/mol. The molecule has 0 aromatic carbocycles. The summed E-state index contributed by atoms with van der Waals surface area (Å²) in [6.07, 6.45) is 5.07. The highest BCUT2D eigenvalue weighted by atomic mass is 16.1. The van der Waals surface area contributed by atoms with Crippen LogP contribution in [0, 0.1) is 6.92 Å². The lowest BCUT2D eigenvalue weighted by Crippen LogP contribution is -2.26. The third-order valence-electron chi connectivity index (χ3n) is 3.42. The molecule has 6 heteroatoms. The Kier molecular flexibility index (Phi) is 2.87. The van der Waals surface area contributed by atoms with E-state index in [1.807, 2.05) is 0 Å². The molecule has 0 unspecified atom stereocenters. The maximum atomic E-state index is 11.7. The van der Waals surface area contributed by atoms with Gasteiger partial charge in [-0.15, -0.1) is 0 Å². The van der Waals surface area contributed by atoms with Crippen LogP contribution in [0.15, 0.2) is 10.9 Å². The van der Waals surface area contributed by atoms with Gasteiger partial charge in [0.05, 0.1) is 6.54 Å². The van der Waals surface area contributed by atoms with Crippen molar-refractivity contribution in [3.05, 3.63) is 27.9 Å². The number of nitrogens with one attached hydrogen (secondary N) is 2. The molecule has 0 bridgehead atoms. The van der Waals surface area contributed by atoms with Gasteiger partial charge in [-0.3, -0.25) is 9.89 Å². The molecule has 0 radical (unpaired) electrons. The van der Waals surface area contributed by atoms with Crippen LogP contribution < -0.4 is 10.9 Å². The molecule has 18 heavy (non-hydrogen) atoms. The largest absolute Gasteiger partial charge is 0.307 e. The summed E-state index contributed by atoms with van der Waals surface area (Å²) in [5.41, 5.74) is 0.582. The lowest BCUT2D eigenvalue weighted by atomic mass is 10.2. The first-order chi connectivity index (χ1) is 8.72. The number of fused-ring (bicyclic) bond motifs is 1. The van der Waals surface area contributed by atoms with E-state index >= 15 is 0 Å². The Morgan fingerprint density at radius 2 is 2.22 bits per heavy atom. The fourth-order valence-electron chi connectivity index (χ4n) is 2.49. The Labute approximate surface area is 104 Å². The van der Waals surface area contributed by atoms with Crippen molar-refractivity contribution in [3.63, 3.8) is 0 Å². The summed E-state index contributed by atoms with van der Waals surface area (Å²) in [5.74, 6) is 1.21. The molecule has 2 aromatic heterocycles. The third-order valence-corrected chi connectivity index (χ3v) is 3.42. The molecule has 2 N–H and O–H groups in total. The van der Waals surface area contributed by atoms with Gasteiger partial charge < -0.3 is 5.32 Å². The lowest BCUT2D eigenvalue weighted by molar-refractivity contribution is 0.513. The zero-order valence-corrected chi connectivity index (χ0v) is 10.4. The van der Waals surface area contributed by atoms with E-state index in [-0.39, 0.29) is 5.56 Å². The Hall–Kier alpha value is -1.69. The quantitative estimate of drug-likeness (QED) is 0.839. The van der Waals surface area contributed by atoms with E-state index < -0.39 is 0 Å². The zero-order chi connectivity index (χ0) is 12.5. The van der Waals surface area contributed by atoms with Crippen molar-refractivity contribution in [3.8, 4) is 0 Å². The van der Waals surface area contributed by atoms with Crippen LogP contribution in [-0.2, 0) is 6.54 Å². The number of hydrogen-bond acceptors (Lipinski definition) is 4. The molecule has 0 atom stereocenters. The first-order valence-electron chi connectivity index (χ1n) is 6.41. The summed E-state index contributed by atoms with van der Waals surface area (Å²) >= 11 is 0. The first kappa shape index (κ1) is 11.4. The molecule has 1 aliphatic rings. The molecule has 0 spiro atoms. The van der Waals surface area contributed by atoms with E-state index in [2.05, 4.69) is 20.4 Å². The summed E-state index contributed by atoms with van der Waals surface area (Å²) in [6.45, 7) is 2.46. The minimum atomic E-state index is -0.114.